The molecule has 2 aromatic rings. The van der Waals surface area contributed by atoms with Crippen LogP contribution in [0.3, 0.4) is 0 Å². The molecule has 0 fully saturated rings. The molecule has 19 heavy (non-hydrogen) atoms. The summed E-state index contributed by atoms with van der Waals surface area (Å²) in [6.07, 6.45) is 0. The molecule has 0 aliphatic rings. The molecular formula is C16H23N3. The molecule has 0 aliphatic heterocycles. The van der Waals surface area contributed by atoms with Gasteiger partial charge in [-0.2, -0.15) is 5.10 Å². The Morgan fingerprint density at radius 3 is 2.63 bits per heavy atom. The maximum Gasteiger partial charge on any atom is 0.0662 e. The van der Waals surface area contributed by atoms with E-state index in [1.165, 1.54) is 22.4 Å². The normalized spacial score (nSPS) is 12.7. The fraction of sp³-hybridized carbons (Fsp3) is 0.438. The first-order valence-electron chi connectivity index (χ1n) is 6.82. The van der Waals surface area contributed by atoms with E-state index in [0.717, 1.165) is 12.2 Å². The average Bonchev–Trinajstić information content (AvgIpc) is 2.64. The van der Waals surface area contributed by atoms with Crippen molar-refractivity contribution in [2.75, 3.05) is 6.54 Å². The molecule has 1 unspecified atom stereocenters. The SMILES string of the molecule is Cc1cccc(Cn2nc(C)c(C(C)CN)c2C)c1. The Kier molecular flexibility index (Phi) is 4.05. The van der Waals surface area contributed by atoms with Crippen LogP contribution in [0.1, 0.15) is 40.9 Å². The third kappa shape index (κ3) is 2.87. The minimum Gasteiger partial charge on any atom is -0.330 e. The molecule has 0 saturated heterocycles. The molecule has 0 bridgehead atoms. The Labute approximate surface area is 115 Å². The van der Waals surface area contributed by atoms with Crippen LogP contribution in [-0.4, -0.2) is 16.3 Å². The molecule has 0 saturated carbocycles. The topological polar surface area (TPSA) is 43.8 Å². The predicted molar refractivity (Wildman–Crippen MR) is 79.5 cm³/mol. The molecule has 2 N–H and O–H groups in total. The van der Waals surface area contributed by atoms with E-state index < -0.39 is 0 Å². The van der Waals surface area contributed by atoms with Crippen LogP contribution in [-0.2, 0) is 6.54 Å². The van der Waals surface area contributed by atoms with Gasteiger partial charge in [0.15, 0.2) is 0 Å². The number of aryl methyl sites for hydroxylation is 2. The van der Waals surface area contributed by atoms with E-state index in [2.05, 4.69) is 61.7 Å². The van der Waals surface area contributed by atoms with Gasteiger partial charge in [-0.3, -0.25) is 4.68 Å². The second-order valence-corrected chi connectivity index (χ2v) is 5.37. The van der Waals surface area contributed by atoms with Gasteiger partial charge in [-0.05, 0) is 38.8 Å². The van der Waals surface area contributed by atoms with E-state index in [9.17, 15) is 0 Å². The smallest absolute Gasteiger partial charge is 0.0662 e. The summed E-state index contributed by atoms with van der Waals surface area (Å²) in [5.41, 5.74) is 12.0. The zero-order chi connectivity index (χ0) is 14.0. The highest BCUT2D eigenvalue weighted by Crippen LogP contribution is 2.23. The van der Waals surface area contributed by atoms with Crippen molar-refractivity contribution in [3.05, 3.63) is 52.3 Å². The zero-order valence-electron chi connectivity index (χ0n) is 12.3. The highest BCUT2D eigenvalue weighted by molar-refractivity contribution is 5.30. The second kappa shape index (κ2) is 5.57. The Morgan fingerprint density at radius 2 is 2.00 bits per heavy atom. The standard InChI is InChI=1S/C16H23N3/c1-11-6-5-7-15(8-11)10-19-14(4)16(12(2)9-17)13(3)18-19/h5-8,12H,9-10,17H2,1-4H3. The van der Waals surface area contributed by atoms with Gasteiger partial charge < -0.3 is 5.73 Å². The van der Waals surface area contributed by atoms with Crippen LogP contribution >= 0.6 is 0 Å². The fourth-order valence-electron chi connectivity index (χ4n) is 2.68. The molecule has 1 atom stereocenters. The molecule has 1 aromatic heterocycles. The number of hydrogen-bond acceptors (Lipinski definition) is 2. The van der Waals surface area contributed by atoms with E-state index in [1.54, 1.807) is 0 Å². The predicted octanol–water partition coefficient (Wildman–Crippen LogP) is 2.92. The lowest BCUT2D eigenvalue weighted by molar-refractivity contribution is 0.655. The van der Waals surface area contributed by atoms with Gasteiger partial charge in [0, 0.05) is 11.3 Å². The van der Waals surface area contributed by atoms with Crippen molar-refractivity contribution in [3.63, 3.8) is 0 Å². The number of hydrogen-bond donors (Lipinski definition) is 1. The Hall–Kier alpha value is -1.61. The summed E-state index contributed by atoms with van der Waals surface area (Å²) in [7, 11) is 0. The number of rotatable bonds is 4. The summed E-state index contributed by atoms with van der Waals surface area (Å²) in [5, 5.41) is 4.67. The lowest BCUT2D eigenvalue weighted by Gasteiger charge is -2.10. The summed E-state index contributed by atoms with van der Waals surface area (Å²) < 4.78 is 2.09. The number of nitrogens with zero attached hydrogens (tertiary/aromatic N) is 2. The third-order valence-corrected chi connectivity index (χ3v) is 3.70. The van der Waals surface area contributed by atoms with Crippen molar-refractivity contribution >= 4 is 0 Å². The van der Waals surface area contributed by atoms with Gasteiger partial charge in [-0.25, -0.2) is 0 Å². The maximum atomic E-state index is 5.79. The van der Waals surface area contributed by atoms with E-state index in [4.69, 9.17) is 5.73 Å². The summed E-state index contributed by atoms with van der Waals surface area (Å²) >= 11 is 0. The van der Waals surface area contributed by atoms with Crippen LogP contribution in [0.25, 0.3) is 0 Å². The molecular weight excluding hydrogens is 234 g/mol. The lowest BCUT2D eigenvalue weighted by atomic mass is 9.99. The van der Waals surface area contributed by atoms with Gasteiger partial charge in [-0.1, -0.05) is 36.8 Å². The zero-order valence-corrected chi connectivity index (χ0v) is 12.3. The van der Waals surface area contributed by atoms with Crippen molar-refractivity contribution < 1.29 is 0 Å². The van der Waals surface area contributed by atoms with Crippen molar-refractivity contribution in [1.82, 2.24) is 9.78 Å². The van der Waals surface area contributed by atoms with Crippen LogP contribution in [0.15, 0.2) is 24.3 Å². The monoisotopic (exact) mass is 257 g/mol. The highest BCUT2D eigenvalue weighted by Gasteiger charge is 2.16. The van der Waals surface area contributed by atoms with Crippen LogP contribution in [0, 0.1) is 20.8 Å². The van der Waals surface area contributed by atoms with E-state index in [1.807, 2.05) is 0 Å². The minimum absolute atomic E-state index is 0.367. The van der Waals surface area contributed by atoms with Gasteiger partial charge in [0.1, 0.15) is 0 Å². The molecule has 0 spiro atoms. The molecule has 0 aliphatic carbocycles. The Balaban J connectivity index is 2.32. The van der Waals surface area contributed by atoms with Crippen molar-refractivity contribution in [1.29, 1.82) is 0 Å². The van der Waals surface area contributed by atoms with Crippen molar-refractivity contribution in [3.8, 4) is 0 Å². The quantitative estimate of drug-likeness (QED) is 0.915. The largest absolute Gasteiger partial charge is 0.330 e. The third-order valence-electron chi connectivity index (χ3n) is 3.70. The molecule has 0 amide bonds. The van der Waals surface area contributed by atoms with E-state index in [-0.39, 0.29) is 0 Å². The summed E-state index contributed by atoms with van der Waals surface area (Å²) in [5.74, 6) is 0.367. The first-order valence-corrected chi connectivity index (χ1v) is 6.82. The first-order chi connectivity index (χ1) is 9.02. The van der Waals surface area contributed by atoms with Gasteiger partial charge >= 0.3 is 0 Å². The second-order valence-electron chi connectivity index (χ2n) is 5.37. The lowest BCUT2D eigenvalue weighted by Crippen LogP contribution is -2.11. The summed E-state index contributed by atoms with van der Waals surface area (Å²) in [4.78, 5) is 0. The van der Waals surface area contributed by atoms with Crippen LogP contribution in [0.5, 0.6) is 0 Å². The van der Waals surface area contributed by atoms with Gasteiger partial charge in [0.05, 0.1) is 12.2 Å². The number of aromatic nitrogens is 2. The average molecular weight is 257 g/mol. The Morgan fingerprint density at radius 1 is 1.26 bits per heavy atom. The van der Waals surface area contributed by atoms with Crippen molar-refractivity contribution in [2.45, 2.75) is 40.2 Å². The van der Waals surface area contributed by atoms with Crippen molar-refractivity contribution in [2.24, 2.45) is 5.73 Å². The molecule has 0 radical (unpaired) electrons. The maximum absolute atomic E-state index is 5.79. The van der Waals surface area contributed by atoms with Gasteiger partial charge in [-0.15, -0.1) is 0 Å². The van der Waals surface area contributed by atoms with Gasteiger partial charge in [0.25, 0.3) is 0 Å². The minimum atomic E-state index is 0.367. The summed E-state index contributed by atoms with van der Waals surface area (Å²) in [6.45, 7) is 9.97. The molecule has 3 nitrogen and oxygen atoms in total. The number of benzene rings is 1. The summed E-state index contributed by atoms with van der Waals surface area (Å²) in [6, 6.07) is 8.57. The molecule has 3 heteroatoms. The molecule has 1 heterocycles. The molecule has 1 aromatic carbocycles. The van der Waals surface area contributed by atoms with E-state index in [0.29, 0.717) is 12.5 Å². The molecule has 2 rings (SSSR count). The van der Waals surface area contributed by atoms with Crippen LogP contribution in [0.4, 0.5) is 0 Å². The first kappa shape index (κ1) is 13.8. The Bertz CT molecular complexity index is 569. The fourth-order valence-corrected chi connectivity index (χ4v) is 2.68. The van der Waals surface area contributed by atoms with Crippen LogP contribution < -0.4 is 5.73 Å². The van der Waals surface area contributed by atoms with Crippen LogP contribution in [0.2, 0.25) is 0 Å². The number of nitrogens with two attached hydrogens (primary N) is 1. The van der Waals surface area contributed by atoms with E-state index >= 15 is 0 Å². The van der Waals surface area contributed by atoms with Gasteiger partial charge in [0.2, 0.25) is 0 Å². The molecule has 102 valence electrons. The highest BCUT2D eigenvalue weighted by atomic mass is 15.3.